The van der Waals surface area contributed by atoms with Crippen LogP contribution >= 0.6 is 0 Å². The van der Waals surface area contributed by atoms with Crippen molar-refractivity contribution in [3.63, 3.8) is 0 Å². The molecule has 0 saturated heterocycles. The van der Waals surface area contributed by atoms with E-state index in [1.165, 1.54) is 47.1 Å². The highest BCUT2D eigenvalue weighted by Gasteiger charge is 2.15. The molecule has 0 fully saturated rings. The predicted octanol–water partition coefficient (Wildman–Crippen LogP) is 1.63. The number of hydrogen-bond acceptors (Lipinski definition) is 4. The van der Waals surface area contributed by atoms with Gasteiger partial charge >= 0.3 is 0 Å². The number of carbonyl (C=O) groups is 2. The average molecular weight is 368 g/mol. The van der Waals surface area contributed by atoms with E-state index in [1.807, 2.05) is 0 Å². The van der Waals surface area contributed by atoms with E-state index in [2.05, 4.69) is 10.3 Å². The van der Waals surface area contributed by atoms with Crippen molar-refractivity contribution in [3.05, 3.63) is 71.0 Å². The standard InChI is InChI=1S/C19H17FN4O3/c1-23(10-17(25)22-14-8-6-13(20)7-9-14)18(26)11-24-12-21-16-5-3-2-4-15(16)19(24)27/h2-9,12H,10-11H2,1H3,(H,22,25). The van der Waals surface area contributed by atoms with E-state index in [9.17, 15) is 18.8 Å². The van der Waals surface area contributed by atoms with Gasteiger partial charge in [-0.3, -0.25) is 19.0 Å². The number of hydrogen-bond donors (Lipinski definition) is 1. The van der Waals surface area contributed by atoms with E-state index in [1.54, 1.807) is 24.3 Å². The Labute approximate surface area is 154 Å². The van der Waals surface area contributed by atoms with Crippen molar-refractivity contribution in [1.82, 2.24) is 14.5 Å². The van der Waals surface area contributed by atoms with Crippen molar-refractivity contribution in [1.29, 1.82) is 0 Å². The summed E-state index contributed by atoms with van der Waals surface area (Å²) in [5.74, 6) is -1.25. The summed E-state index contributed by atoms with van der Waals surface area (Å²) in [4.78, 5) is 42.2. The Morgan fingerprint density at radius 2 is 1.85 bits per heavy atom. The van der Waals surface area contributed by atoms with Gasteiger partial charge in [0.1, 0.15) is 12.4 Å². The first-order valence-corrected chi connectivity index (χ1v) is 8.17. The summed E-state index contributed by atoms with van der Waals surface area (Å²) in [6.45, 7) is -0.428. The number of amides is 2. The first-order valence-electron chi connectivity index (χ1n) is 8.17. The zero-order valence-electron chi connectivity index (χ0n) is 14.6. The summed E-state index contributed by atoms with van der Waals surface area (Å²) >= 11 is 0. The van der Waals surface area contributed by atoms with Crippen LogP contribution in [-0.2, 0) is 16.1 Å². The Bertz CT molecular complexity index is 1050. The quantitative estimate of drug-likeness (QED) is 0.742. The van der Waals surface area contributed by atoms with E-state index in [4.69, 9.17) is 0 Å². The van der Waals surface area contributed by atoms with Gasteiger partial charge in [0.05, 0.1) is 23.8 Å². The number of likely N-dealkylation sites (N-methyl/N-ethyl adjacent to an activating group) is 1. The van der Waals surface area contributed by atoms with Crippen LogP contribution in [0.2, 0.25) is 0 Å². The lowest BCUT2D eigenvalue weighted by Crippen LogP contribution is -2.38. The third-order valence-corrected chi connectivity index (χ3v) is 3.97. The van der Waals surface area contributed by atoms with E-state index >= 15 is 0 Å². The minimum absolute atomic E-state index is 0.202. The largest absolute Gasteiger partial charge is 0.335 e. The lowest BCUT2D eigenvalue weighted by molar-refractivity contribution is -0.133. The Kier molecular flexibility index (Phi) is 5.25. The topological polar surface area (TPSA) is 84.3 Å². The molecule has 0 radical (unpaired) electrons. The first-order chi connectivity index (χ1) is 12.9. The smallest absolute Gasteiger partial charge is 0.261 e. The summed E-state index contributed by atoms with van der Waals surface area (Å²) in [5, 5.41) is 2.99. The van der Waals surface area contributed by atoms with E-state index in [0.29, 0.717) is 16.6 Å². The molecule has 0 aliphatic rings. The van der Waals surface area contributed by atoms with Crippen molar-refractivity contribution in [2.45, 2.75) is 6.54 Å². The van der Waals surface area contributed by atoms with Crippen LogP contribution in [0.15, 0.2) is 59.7 Å². The highest BCUT2D eigenvalue weighted by Crippen LogP contribution is 2.08. The molecule has 0 unspecified atom stereocenters. The molecule has 0 bridgehead atoms. The molecular formula is C19H17FN4O3. The van der Waals surface area contributed by atoms with Crippen molar-refractivity contribution < 1.29 is 14.0 Å². The van der Waals surface area contributed by atoms with Crippen molar-refractivity contribution in [3.8, 4) is 0 Å². The molecule has 0 aliphatic heterocycles. The molecule has 0 spiro atoms. The normalized spacial score (nSPS) is 10.6. The van der Waals surface area contributed by atoms with Gasteiger partial charge in [-0.2, -0.15) is 0 Å². The molecule has 0 saturated carbocycles. The van der Waals surface area contributed by atoms with Crippen molar-refractivity contribution in [2.75, 3.05) is 18.9 Å². The molecule has 3 rings (SSSR count). The summed E-state index contributed by atoms with van der Waals surface area (Å²) in [7, 11) is 1.46. The van der Waals surface area contributed by atoms with Crippen LogP contribution in [0.25, 0.3) is 10.9 Å². The van der Waals surface area contributed by atoms with Crippen LogP contribution in [0.3, 0.4) is 0 Å². The van der Waals surface area contributed by atoms with Gasteiger partial charge in [0.2, 0.25) is 11.8 Å². The number of fused-ring (bicyclic) bond motifs is 1. The van der Waals surface area contributed by atoms with Crippen molar-refractivity contribution >= 4 is 28.4 Å². The van der Waals surface area contributed by atoms with E-state index in [-0.39, 0.29) is 18.6 Å². The third kappa shape index (κ3) is 4.35. The number of benzene rings is 2. The van der Waals surface area contributed by atoms with Crippen LogP contribution in [0, 0.1) is 5.82 Å². The molecule has 2 amide bonds. The number of nitrogens with one attached hydrogen (secondary N) is 1. The van der Waals surface area contributed by atoms with Gasteiger partial charge in [0.25, 0.3) is 5.56 Å². The lowest BCUT2D eigenvalue weighted by Gasteiger charge is -2.17. The summed E-state index contributed by atoms with van der Waals surface area (Å²) in [5.41, 5.74) is 0.661. The second kappa shape index (κ2) is 7.77. The fraction of sp³-hybridized carbons (Fsp3) is 0.158. The molecule has 0 aliphatic carbocycles. The van der Waals surface area contributed by atoms with Crippen LogP contribution in [0.5, 0.6) is 0 Å². The average Bonchev–Trinajstić information content (AvgIpc) is 2.66. The molecule has 1 N–H and O–H groups in total. The van der Waals surface area contributed by atoms with Crippen LogP contribution in [-0.4, -0.2) is 39.9 Å². The lowest BCUT2D eigenvalue weighted by atomic mass is 10.2. The molecule has 27 heavy (non-hydrogen) atoms. The van der Waals surface area contributed by atoms with Gasteiger partial charge < -0.3 is 10.2 Å². The van der Waals surface area contributed by atoms with Crippen LogP contribution in [0.4, 0.5) is 10.1 Å². The summed E-state index contributed by atoms with van der Waals surface area (Å²) < 4.78 is 14.1. The van der Waals surface area contributed by atoms with E-state index < -0.39 is 17.6 Å². The molecule has 1 aromatic heterocycles. The fourth-order valence-corrected chi connectivity index (χ4v) is 2.52. The SMILES string of the molecule is CN(CC(=O)Nc1ccc(F)cc1)C(=O)Cn1cnc2ccccc2c1=O. The van der Waals surface area contributed by atoms with E-state index in [0.717, 1.165) is 0 Å². The summed E-state index contributed by atoms with van der Waals surface area (Å²) in [6, 6.07) is 12.2. The number of carbonyl (C=O) groups excluding carboxylic acids is 2. The molecule has 138 valence electrons. The highest BCUT2D eigenvalue weighted by molar-refractivity contribution is 5.94. The van der Waals surface area contributed by atoms with Gasteiger partial charge in [-0.1, -0.05) is 12.1 Å². The molecule has 0 atom stereocenters. The predicted molar refractivity (Wildman–Crippen MR) is 98.7 cm³/mol. The number of anilines is 1. The minimum Gasteiger partial charge on any atom is -0.335 e. The maximum Gasteiger partial charge on any atom is 0.261 e. The number of nitrogens with zero attached hydrogens (tertiary/aromatic N) is 3. The number of rotatable bonds is 5. The Hall–Kier alpha value is -3.55. The Balaban J connectivity index is 1.63. The molecule has 1 heterocycles. The van der Waals surface area contributed by atoms with Gasteiger partial charge in [0.15, 0.2) is 0 Å². The summed E-state index contributed by atoms with van der Waals surface area (Å²) in [6.07, 6.45) is 1.31. The monoisotopic (exact) mass is 368 g/mol. The molecule has 7 nitrogen and oxygen atoms in total. The zero-order chi connectivity index (χ0) is 19.4. The van der Waals surface area contributed by atoms with Gasteiger partial charge in [-0.25, -0.2) is 9.37 Å². The Morgan fingerprint density at radius 1 is 1.15 bits per heavy atom. The molecule has 2 aromatic carbocycles. The minimum atomic E-state index is -0.429. The second-order valence-electron chi connectivity index (χ2n) is 6.00. The third-order valence-electron chi connectivity index (χ3n) is 3.97. The maximum absolute atomic E-state index is 12.9. The van der Waals surface area contributed by atoms with Gasteiger partial charge in [-0.15, -0.1) is 0 Å². The maximum atomic E-state index is 12.9. The number of halogens is 1. The second-order valence-corrected chi connectivity index (χ2v) is 6.00. The molecule has 8 heteroatoms. The fourth-order valence-electron chi connectivity index (χ4n) is 2.52. The van der Waals surface area contributed by atoms with Crippen LogP contribution in [0.1, 0.15) is 0 Å². The number of para-hydroxylation sites is 1. The molecule has 3 aromatic rings. The van der Waals surface area contributed by atoms with Crippen molar-refractivity contribution in [2.24, 2.45) is 0 Å². The highest BCUT2D eigenvalue weighted by atomic mass is 19.1. The van der Waals surface area contributed by atoms with Crippen LogP contribution < -0.4 is 10.9 Å². The molecular weight excluding hydrogens is 351 g/mol. The number of aromatic nitrogens is 2. The Morgan fingerprint density at radius 3 is 2.59 bits per heavy atom. The van der Waals surface area contributed by atoms with Gasteiger partial charge in [0, 0.05) is 12.7 Å². The first kappa shape index (κ1) is 18.2. The zero-order valence-corrected chi connectivity index (χ0v) is 14.6. The van der Waals surface area contributed by atoms with Gasteiger partial charge in [-0.05, 0) is 36.4 Å².